The van der Waals surface area contributed by atoms with Gasteiger partial charge in [-0.05, 0) is 36.3 Å². The SMILES string of the molecule is COC(C)(CNC(=O)/C=C/c1ccccc1)c1cccc(Cl)c1. The summed E-state index contributed by atoms with van der Waals surface area (Å²) in [5.74, 6) is -0.167. The van der Waals surface area contributed by atoms with Crippen molar-refractivity contribution in [2.45, 2.75) is 12.5 Å². The van der Waals surface area contributed by atoms with Crippen LogP contribution in [0.1, 0.15) is 18.1 Å². The lowest BCUT2D eigenvalue weighted by molar-refractivity contribution is -0.118. The molecule has 1 unspecified atom stereocenters. The summed E-state index contributed by atoms with van der Waals surface area (Å²) >= 11 is 6.03. The van der Waals surface area contributed by atoms with Crippen LogP contribution in [0.2, 0.25) is 5.02 Å². The van der Waals surface area contributed by atoms with Gasteiger partial charge in [-0.3, -0.25) is 4.79 Å². The Morgan fingerprint density at radius 3 is 2.61 bits per heavy atom. The van der Waals surface area contributed by atoms with E-state index in [2.05, 4.69) is 5.32 Å². The van der Waals surface area contributed by atoms with E-state index in [1.165, 1.54) is 6.08 Å². The molecule has 120 valence electrons. The van der Waals surface area contributed by atoms with Gasteiger partial charge in [0.15, 0.2) is 0 Å². The zero-order valence-corrected chi connectivity index (χ0v) is 14.0. The molecule has 0 aliphatic heterocycles. The molecule has 0 saturated heterocycles. The summed E-state index contributed by atoms with van der Waals surface area (Å²) in [5.41, 5.74) is 1.26. The van der Waals surface area contributed by atoms with Gasteiger partial charge < -0.3 is 10.1 Å². The molecule has 1 atom stereocenters. The number of methoxy groups -OCH3 is 1. The molecule has 0 saturated carbocycles. The molecule has 0 fully saturated rings. The topological polar surface area (TPSA) is 38.3 Å². The van der Waals surface area contributed by atoms with Crippen LogP contribution in [0.5, 0.6) is 0 Å². The molecule has 2 aromatic carbocycles. The molecule has 1 amide bonds. The number of hydrogen-bond acceptors (Lipinski definition) is 2. The molecule has 0 spiro atoms. The van der Waals surface area contributed by atoms with Crippen LogP contribution in [0, 0.1) is 0 Å². The van der Waals surface area contributed by atoms with Crippen molar-refractivity contribution in [3.63, 3.8) is 0 Å². The van der Waals surface area contributed by atoms with E-state index in [-0.39, 0.29) is 5.91 Å². The predicted molar refractivity (Wildman–Crippen MR) is 94.3 cm³/mol. The molecule has 3 nitrogen and oxygen atoms in total. The number of rotatable bonds is 6. The molecular weight excluding hydrogens is 310 g/mol. The van der Waals surface area contributed by atoms with Crippen LogP contribution in [-0.2, 0) is 15.1 Å². The van der Waals surface area contributed by atoms with Crippen molar-refractivity contribution in [3.8, 4) is 0 Å². The number of ether oxygens (including phenoxy) is 1. The summed E-state index contributed by atoms with van der Waals surface area (Å²) in [4.78, 5) is 12.0. The lowest BCUT2D eigenvalue weighted by Gasteiger charge is -2.29. The number of halogens is 1. The highest BCUT2D eigenvalue weighted by atomic mass is 35.5. The fraction of sp³-hybridized carbons (Fsp3) is 0.211. The Morgan fingerprint density at radius 1 is 1.22 bits per heavy atom. The van der Waals surface area contributed by atoms with Crippen molar-refractivity contribution < 1.29 is 9.53 Å². The van der Waals surface area contributed by atoms with Crippen LogP contribution in [0.3, 0.4) is 0 Å². The molecule has 2 aromatic rings. The second kappa shape index (κ2) is 7.95. The van der Waals surface area contributed by atoms with Crippen LogP contribution in [0.25, 0.3) is 6.08 Å². The third kappa shape index (κ3) is 4.95. The minimum Gasteiger partial charge on any atom is -0.372 e. The van der Waals surface area contributed by atoms with E-state index in [0.717, 1.165) is 11.1 Å². The second-order valence-corrected chi connectivity index (χ2v) is 5.84. The quantitative estimate of drug-likeness (QED) is 0.812. The number of carbonyl (C=O) groups excluding carboxylic acids is 1. The highest BCUT2D eigenvalue weighted by molar-refractivity contribution is 6.30. The number of benzene rings is 2. The van der Waals surface area contributed by atoms with Crippen molar-refractivity contribution in [2.24, 2.45) is 0 Å². The van der Waals surface area contributed by atoms with Crippen LogP contribution >= 0.6 is 11.6 Å². The fourth-order valence-corrected chi connectivity index (χ4v) is 2.35. The normalized spacial score (nSPS) is 13.7. The summed E-state index contributed by atoms with van der Waals surface area (Å²) in [6.45, 7) is 2.27. The zero-order chi connectivity index (χ0) is 16.7. The average molecular weight is 330 g/mol. The van der Waals surface area contributed by atoms with E-state index in [1.807, 2.05) is 61.5 Å². The number of carbonyl (C=O) groups is 1. The Kier molecular flexibility index (Phi) is 5.97. The van der Waals surface area contributed by atoms with Crippen molar-refractivity contribution in [1.29, 1.82) is 0 Å². The smallest absolute Gasteiger partial charge is 0.244 e. The lowest BCUT2D eigenvalue weighted by Crippen LogP contribution is -2.39. The maximum atomic E-state index is 12.0. The van der Waals surface area contributed by atoms with E-state index in [1.54, 1.807) is 13.2 Å². The third-order valence-electron chi connectivity index (χ3n) is 3.71. The maximum Gasteiger partial charge on any atom is 0.244 e. The Morgan fingerprint density at radius 2 is 1.96 bits per heavy atom. The standard InChI is InChI=1S/C19H20ClNO2/c1-19(23-2,16-9-6-10-17(20)13-16)14-21-18(22)12-11-15-7-4-3-5-8-15/h3-13H,14H2,1-2H3,(H,21,22)/b12-11+. The Balaban J connectivity index is 2.00. The Hall–Kier alpha value is -2.10. The zero-order valence-electron chi connectivity index (χ0n) is 13.3. The first-order chi connectivity index (χ1) is 11.0. The largest absolute Gasteiger partial charge is 0.372 e. The van der Waals surface area contributed by atoms with E-state index < -0.39 is 5.60 Å². The molecule has 4 heteroatoms. The van der Waals surface area contributed by atoms with Gasteiger partial charge in [-0.15, -0.1) is 0 Å². The molecule has 0 radical (unpaired) electrons. The van der Waals surface area contributed by atoms with Crippen LogP contribution in [0.15, 0.2) is 60.7 Å². The van der Waals surface area contributed by atoms with Crippen molar-refractivity contribution in [3.05, 3.63) is 76.8 Å². The van der Waals surface area contributed by atoms with Crippen molar-refractivity contribution in [2.75, 3.05) is 13.7 Å². The molecular formula is C19H20ClNO2. The molecule has 1 N–H and O–H groups in total. The average Bonchev–Trinajstić information content (AvgIpc) is 2.58. The lowest BCUT2D eigenvalue weighted by atomic mass is 9.95. The van der Waals surface area contributed by atoms with Crippen molar-refractivity contribution in [1.82, 2.24) is 5.32 Å². The van der Waals surface area contributed by atoms with Gasteiger partial charge in [0, 0.05) is 18.2 Å². The molecule has 0 aromatic heterocycles. The van der Waals surface area contributed by atoms with E-state index >= 15 is 0 Å². The van der Waals surface area contributed by atoms with E-state index in [4.69, 9.17) is 16.3 Å². The second-order valence-electron chi connectivity index (χ2n) is 5.41. The molecule has 0 aliphatic rings. The highest BCUT2D eigenvalue weighted by Crippen LogP contribution is 2.26. The minimum absolute atomic E-state index is 0.167. The summed E-state index contributed by atoms with van der Waals surface area (Å²) in [6.07, 6.45) is 3.29. The highest BCUT2D eigenvalue weighted by Gasteiger charge is 2.26. The Bertz CT molecular complexity index is 685. The van der Waals surface area contributed by atoms with Gasteiger partial charge in [-0.2, -0.15) is 0 Å². The maximum absolute atomic E-state index is 12.0. The summed E-state index contributed by atoms with van der Waals surface area (Å²) in [7, 11) is 1.62. The fourth-order valence-electron chi connectivity index (χ4n) is 2.16. The van der Waals surface area contributed by atoms with Crippen LogP contribution in [-0.4, -0.2) is 19.6 Å². The first-order valence-corrected chi connectivity index (χ1v) is 7.73. The number of amides is 1. The van der Waals surface area contributed by atoms with Gasteiger partial charge in [0.1, 0.15) is 5.60 Å². The van der Waals surface area contributed by atoms with Gasteiger partial charge >= 0.3 is 0 Å². The third-order valence-corrected chi connectivity index (χ3v) is 3.95. The monoisotopic (exact) mass is 329 g/mol. The molecule has 0 bridgehead atoms. The molecule has 2 rings (SSSR count). The summed E-state index contributed by atoms with van der Waals surface area (Å²) in [5, 5.41) is 3.51. The summed E-state index contributed by atoms with van der Waals surface area (Å²) < 4.78 is 5.59. The molecule has 0 heterocycles. The van der Waals surface area contributed by atoms with Gasteiger partial charge in [-0.25, -0.2) is 0 Å². The predicted octanol–water partition coefficient (Wildman–Crippen LogP) is 4.03. The van der Waals surface area contributed by atoms with Gasteiger partial charge in [0.25, 0.3) is 0 Å². The first kappa shape index (κ1) is 17.3. The molecule has 23 heavy (non-hydrogen) atoms. The minimum atomic E-state index is -0.638. The van der Waals surface area contributed by atoms with E-state index in [0.29, 0.717) is 11.6 Å². The van der Waals surface area contributed by atoms with Gasteiger partial charge in [-0.1, -0.05) is 54.1 Å². The van der Waals surface area contributed by atoms with Crippen LogP contribution in [0.4, 0.5) is 0 Å². The summed E-state index contributed by atoms with van der Waals surface area (Å²) in [6, 6.07) is 17.1. The molecule has 0 aliphatic carbocycles. The number of nitrogens with one attached hydrogen (secondary N) is 1. The van der Waals surface area contributed by atoms with E-state index in [9.17, 15) is 4.79 Å². The Labute approximate surface area is 141 Å². The number of hydrogen-bond donors (Lipinski definition) is 1. The first-order valence-electron chi connectivity index (χ1n) is 7.36. The van der Waals surface area contributed by atoms with Crippen molar-refractivity contribution >= 4 is 23.6 Å². The van der Waals surface area contributed by atoms with Crippen LogP contribution < -0.4 is 5.32 Å². The van der Waals surface area contributed by atoms with Gasteiger partial charge in [0.05, 0.1) is 6.54 Å². The van der Waals surface area contributed by atoms with Gasteiger partial charge in [0.2, 0.25) is 5.91 Å².